The summed E-state index contributed by atoms with van der Waals surface area (Å²) in [5, 5.41) is 22.3. The van der Waals surface area contributed by atoms with Crippen molar-refractivity contribution < 1.29 is 10.2 Å². The van der Waals surface area contributed by atoms with Crippen LogP contribution in [0, 0.1) is 0 Å². The van der Waals surface area contributed by atoms with Crippen molar-refractivity contribution in [2.45, 2.75) is 44.2 Å². The highest BCUT2D eigenvalue weighted by Gasteiger charge is 2.31. The average Bonchev–Trinajstić information content (AvgIpc) is 2.07. The van der Waals surface area contributed by atoms with Crippen molar-refractivity contribution in [1.29, 1.82) is 0 Å². The van der Waals surface area contributed by atoms with Gasteiger partial charge < -0.3 is 10.2 Å². The molecule has 1 aromatic rings. The van der Waals surface area contributed by atoms with Crippen molar-refractivity contribution in [2.75, 3.05) is 0 Å². The predicted octanol–water partition coefficient (Wildman–Crippen LogP) is 2.48. The summed E-state index contributed by atoms with van der Waals surface area (Å²) in [5.41, 5.74) is 0. The van der Waals surface area contributed by atoms with Crippen LogP contribution in [0.4, 0.5) is 0 Å². The minimum Gasteiger partial charge on any atom is -0.508 e. The summed E-state index contributed by atoms with van der Waals surface area (Å²) < 4.78 is 0. The lowest BCUT2D eigenvalue weighted by atomic mass is 10.3. The zero-order chi connectivity index (χ0) is 13.6. The average molecular weight is 287 g/mol. The zero-order valence-electron chi connectivity index (χ0n) is 11.4. The van der Waals surface area contributed by atoms with Gasteiger partial charge in [-0.1, -0.05) is 39.3 Å². The van der Waals surface area contributed by atoms with Crippen LogP contribution in [0.2, 0.25) is 39.3 Å². The first-order valence-corrected chi connectivity index (χ1v) is 13.2. The van der Waals surface area contributed by atoms with Crippen LogP contribution in [-0.2, 0) is 0 Å². The number of aromatic hydroxyl groups is 2. The number of rotatable bonds is 2. The fourth-order valence-corrected chi connectivity index (χ4v) is 6.32. The summed E-state index contributed by atoms with van der Waals surface area (Å²) in [7, 11) is -3.39. The van der Waals surface area contributed by atoms with Gasteiger partial charge in [-0.2, -0.15) is 0 Å². The molecule has 0 saturated carbocycles. The van der Waals surface area contributed by atoms with Gasteiger partial charge in [-0.25, -0.2) is 0 Å². The molecule has 0 fully saturated rings. The quantitative estimate of drug-likeness (QED) is 0.444. The SMILES string of the molecule is C[Si](C)(C)c1cc(O)c(S)c([Si](C)(C)C)c1O. The summed E-state index contributed by atoms with van der Waals surface area (Å²) in [5.74, 6) is 0.562. The first-order valence-electron chi connectivity index (χ1n) is 5.75. The van der Waals surface area contributed by atoms with Crippen LogP contribution in [0.3, 0.4) is 0 Å². The smallest absolute Gasteiger partial charge is 0.128 e. The molecule has 17 heavy (non-hydrogen) atoms. The maximum atomic E-state index is 10.5. The van der Waals surface area contributed by atoms with Gasteiger partial charge in [0.2, 0.25) is 0 Å². The molecule has 0 unspecified atom stereocenters. The van der Waals surface area contributed by atoms with Crippen molar-refractivity contribution in [3.05, 3.63) is 6.07 Å². The number of phenols is 2. The molecule has 0 radical (unpaired) electrons. The molecular weight excluding hydrogens is 264 g/mol. The van der Waals surface area contributed by atoms with E-state index in [1.165, 1.54) is 0 Å². The Labute approximate surface area is 111 Å². The molecule has 2 nitrogen and oxygen atoms in total. The lowest BCUT2D eigenvalue weighted by Gasteiger charge is -2.27. The highest BCUT2D eigenvalue weighted by Crippen LogP contribution is 2.27. The van der Waals surface area contributed by atoms with E-state index in [9.17, 15) is 10.2 Å². The maximum Gasteiger partial charge on any atom is 0.128 e. The van der Waals surface area contributed by atoms with E-state index in [0.29, 0.717) is 10.6 Å². The number of hydrogen-bond acceptors (Lipinski definition) is 3. The zero-order valence-corrected chi connectivity index (χ0v) is 14.3. The molecule has 0 aliphatic carbocycles. The van der Waals surface area contributed by atoms with E-state index in [1.54, 1.807) is 6.07 Å². The Kier molecular flexibility index (Phi) is 3.77. The molecule has 0 saturated heterocycles. The largest absolute Gasteiger partial charge is 0.508 e. The minimum absolute atomic E-state index is 0.195. The monoisotopic (exact) mass is 286 g/mol. The van der Waals surface area contributed by atoms with Crippen LogP contribution in [0.1, 0.15) is 0 Å². The Morgan fingerprint density at radius 3 is 1.76 bits per heavy atom. The molecule has 2 N–H and O–H groups in total. The molecule has 0 spiro atoms. The third-order valence-corrected chi connectivity index (χ3v) is 7.46. The molecule has 0 bridgehead atoms. The van der Waals surface area contributed by atoms with Gasteiger partial charge in [0.05, 0.1) is 16.1 Å². The molecule has 1 rings (SSSR count). The molecule has 0 aliphatic heterocycles. The number of hydrogen-bond donors (Lipinski definition) is 3. The molecule has 0 amide bonds. The van der Waals surface area contributed by atoms with Gasteiger partial charge in [0.1, 0.15) is 11.5 Å². The second-order valence-corrected chi connectivity index (χ2v) is 17.0. The molecule has 1 aromatic carbocycles. The first kappa shape index (κ1) is 14.7. The highest BCUT2D eigenvalue weighted by molar-refractivity contribution is 7.80. The van der Waals surface area contributed by atoms with E-state index < -0.39 is 16.1 Å². The topological polar surface area (TPSA) is 40.5 Å². The van der Waals surface area contributed by atoms with Crippen molar-refractivity contribution in [3.63, 3.8) is 0 Å². The summed E-state index contributed by atoms with van der Waals surface area (Å²) in [6, 6.07) is 1.69. The van der Waals surface area contributed by atoms with Gasteiger partial charge in [-0.15, -0.1) is 12.6 Å². The van der Waals surface area contributed by atoms with E-state index in [-0.39, 0.29) is 5.75 Å². The lowest BCUT2D eigenvalue weighted by molar-refractivity contribution is 0.455. The van der Waals surface area contributed by atoms with Crippen molar-refractivity contribution in [3.8, 4) is 11.5 Å². The normalized spacial score (nSPS) is 12.9. The van der Waals surface area contributed by atoms with Gasteiger partial charge >= 0.3 is 0 Å². The van der Waals surface area contributed by atoms with Gasteiger partial charge in [0, 0.05) is 4.90 Å². The molecule has 0 aliphatic rings. The minimum atomic E-state index is -1.73. The standard InChI is InChI=1S/C12H22O2SSi2/c1-16(2,3)9-7-8(13)11(15)12(10(9)14)17(4,5)6/h7,13-15H,1-6H3. The summed E-state index contributed by atoms with van der Waals surface area (Å²) in [4.78, 5) is 0.545. The highest BCUT2D eigenvalue weighted by atomic mass is 32.1. The Morgan fingerprint density at radius 1 is 0.941 bits per heavy atom. The van der Waals surface area contributed by atoms with Crippen molar-refractivity contribution in [1.82, 2.24) is 0 Å². The van der Waals surface area contributed by atoms with Crippen molar-refractivity contribution >= 4 is 39.1 Å². The third-order valence-electron chi connectivity index (χ3n) is 2.81. The molecule has 5 heteroatoms. The summed E-state index contributed by atoms with van der Waals surface area (Å²) in [6.07, 6.45) is 0. The molecule has 0 aromatic heterocycles. The van der Waals surface area contributed by atoms with E-state index in [0.717, 1.165) is 10.4 Å². The number of thiol groups is 1. The molecule has 0 atom stereocenters. The Balaban J connectivity index is 3.67. The van der Waals surface area contributed by atoms with Crippen LogP contribution < -0.4 is 10.4 Å². The molecular formula is C12H22O2SSi2. The Morgan fingerprint density at radius 2 is 1.41 bits per heavy atom. The number of benzene rings is 1. The van der Waals surface area contributed by atoms with Crippen LogP contribution in [0.25, 0.3) is 0 Å². The summed E-state index contributed by atoms with van der Waals surface area (Å²) in [6.45, 7) is 12.9. The maximum absolute atomic E-state index is 10.5. The van der Waals surface area contributed by atoms with E-state index >= 15 is 0 Å². The molecule has 96 valence electrons. The molecule has 0 heterocycles. The van der Waals surface area contributed by atoms with E-state index in [4.69, 9.17) is 0 Å². The van der Waals surface area contributed by atoms with E-state index in [1.807, 2.05) is 0 Å². The van der Waals surface area contributed by atoms with Crippen LogP contribution in [0.5, 0.6) is 11.5 Å². The van der Waals surface area contributed by atoms with Crippen LogP contribution in [-0.4, -0.2) is 26.4 Å². The number of phenolic OH excluding ortho intramolecular Hbond substituents is 2. The first-order chi connectivity index (χ1) is 7.46. The predicted molar refractivity (Wildman–Crippen MR) is 83.0 cm³/mol. The van der Waals surface area contributed by atoms with Crippen LogP contribution in [0.15, 0.2) is 11.0 Å². The van der Waals surface area contributed by atoms with E-state index in [2.05, 4.69) is 51.9 Å². The van der Waals surface area contributed by atoms with Gasteiger partial charge in [0.15, 0.2) is 0 Å². The Bertz CT molecular complexity index is 445. The van der Waals surface area contributed by atoms with Gasteiger partial charge in [0.25, 0.3) is 0 Å². The fourth-order valence-electron chi connectivity index (χ4n) is 1.93. The van der Waals surface area contributed by atoms with Gasteiger partial charge in [-0.3, -0.25) is 0 Å². The second-order valence-electron chi connectivity index (χ2n) is 6.52. The second kappa shape index (κ2) is 4.37. The van der Waals surface area contributed by atoms with Crippen molar-refractivity contribution in [2.24, 2.45) is 0 Å². The fraction of sp³-hybridized carbons (Fsp3) is 0.500. The third kappa shape index (κ3) is 2.89. The van der Waals surface area contributed by atoms with Gasteiger partial charge in [-0.05, 0) is 16.4 Å². The van der Waals surface area contributed by atoms with Crippen LogP contribution >= 0.6 is 12.6 Å². The lowest BCUT2D eigenvalue weighted by Crippen LogP contribution is -2.46. The summed E-state index contributed by atoms with van der Waals surface area (Å²) >= 11 is 4.36. The Hall–Kier alpha value is -0.396.